The minimum atomic E-state index is 0.894. The number of furan rings is 1. The van der Waals surface area contributed by atoms with Crippen LogP contribution < -0.4 is 5.32 Å². The normalized spacial score (nSPS) is 10.9. The highest BCUT2D eigenvalue weighted by molar-refractivity contribution is 5.46. The molecule has 1 aromatic heterocycles. The Bertz CT molecular complexity index is 189. The summed E-state index contributed by atoms with van der Waals surface area (Å²) in [6, 6.07) is 1.92. The molecule has 2 nitrogen and oxygen atoms in total. The van der Waals surface area contributed by atoms with Gasteiger partial charge in [0.1, 0.15) is 0 Å². The third-order valence-electron chi connectivity index (χ3n) is 1.18. The average molecular weight is 137 g/mol. The number of rotatable bonds is 3. The Morgan fingerprint density at radius 2 is 2.60 bits per heavy atom. The standard InChI is InChI=1S/C8H11NO/c1-9-5-2-3-8-4-6-10-7-8/h2-4,6-7,9H,5H2,1H3/b3-2+. The topological polar surface area (TPSA) is 25.2 Å². The van der Waals surface area contributed by atoms with Gasteiger partial charge in [0.25, 0.3) is 0 Å². The number of likely N-dealkylation sites (N-methyl/N-ethyl adjacent to an activating group) is 1. The molecule has 1 rings (SSSR count). The zero-order chi connectivity index (χ0) is 7.23. The summed E-state index contributed by atoms with van der Waals surface area (Å²) in [4.78, 5) is 0. The third-order valence-corrected chi connectivity index (χ3v) is 1.18. The highest BCUT2D eigenvalue weighted by Gasteiger charge is 1.83. The summed E-state index contributed by atoms with van der Waals surface area (Å²) in [5, 5.41) is 3.01. The lowest BCUT2D eigenvalue weighted by Crippen LogP contribution is -2.03. The van der Waals surface area contributed by atoms with Gasteiger partial charge in [-0.05, 0) is 13.1 Å². The van der Waals surface area contributed by atoms with Crippen molar-refractivity contribution >= 4 is 6.08 Å². The van der Waals surface area contributed by atoms with Crippen LogP contribution in [0.3, 0.4) is 0 Å². The van der Waals surface area contributed by atoms with Gasteiger partial charge in [-0.1, -0.05) is 12.2 Å². The molecule has 0 atom stereocenters. The Morgan fingerprint density at radius 3 is 3.20 bits per heavy atom. The second-order valence-electron chi connectivity index (χ2n) is 2.02. The first-order chi connectivity index (χ1) is 4.93. The summed E-state index contributed by atoms with van der Waals surface area (Å²) < 4.78 is 4.87. The molecule has 54 valence electrons. The fraction of sp³-hybridized carbons (Fsp3) is 0.250. The smallest absolute Gasteiger partial charge is 0.0974 e. The van der Waals surface area contributed by atoms with Gasteiger partial charge in [-0.15, -0.1) is 0 Å². The molecule has 0 saturated carbocycles. The maximum atomic E-state index is 4.87. The molecule has 10 heavy (non-hydrogen) atoms. The van der Waals surface area contributed by atoms with E-state index in [1.165, 1.54) is 0 Å². The van der Waals surface area contributed by atoms with Gasteiger partial charge in [0.15, 0.2) is 0 Å². The molecule has 1 aromatic rings. The monoisotopic (exact) mass is 137 g/mol. The van der Waals surface area contributed by atoms with Gasteiger partial charge in [-0.2, -0.15) is 0 Å². The summed E-state index contributed by atoms with van der Waals surface area (Å²) in [6.07, 6.45) is 7.44. The third kappa shape index (κ3) is 2.07. The van der Waals surface area contributed by atoms with E-state index in [1.807, 2.05) is 25.3 Å². The van der Waals surface area contributed by atoms with Crippen LogP contribution in [0.2, 0.25) is 0 Å². The molecule has 0 bridgehead atoms. The lowest BCUT2D eigenvalue weighted by Gasteiger charge is -1.85. The lowest BCUT2D eigenvalue weighted by atomic mass is 10.3. The first-order valence-electron chi connectivity index (χ1n) is 3.27. The molecule has 0 aliphatic carbocycles. The van der Waals surface area contributed by atoms with Crippen LogP contribution >= 0.6 is 0 Å². The van der Waals surface area contributed by atoms with Crippen molar-refractivity contribution in [3.8, 4) is 0 Å². The molecule has 0 unspecified atom stereocenters. The molecule has 1 N–H and O–H groups in total. The molecule has 1 heterocycles. The molecule has 0 fully saturated rings. The van der Waals surface area contributed by atoms with E-state index in [4.69, 9.17) is 4.42 Å². The predicted octanol–water partition coefficient (Wildman–Crippen LogP) is 1.51. The zero-order valence-electron chi connectivity index (χ0n) is 6.00. The number of hydrogen-bond acceptors (Lipinski definition) is 2. The Kier molecular flexibility index (Phi) is 2.77. The fourth-order valence-electron chi connectivity index (χ4n) is 0.683. The minimum absolute atomic E-state index is 0.894. The van der Waals surface area contributed by atoms with E-state index in [0.717, 1.165) is 12.1 Å². The van der Waals surface area contributed by atoms with Crippen LogP contribution in [0, 0.1) is 0 Å². The van der Waals surface area contributed by atoms with Crippen LogP contribution in [0.25, 0.3) is 6.08 Å². The van der Waals surface area contributed by atoms with E-state index in [0.29, 0.717) is 0 Å². The molecule has 2 heteroatoms. The van der Waals surface area contributed by atoms with Gasteiger partial charge in [-0.25, -0.2) is 0 Å². The Morgan fingerprint density at radius 1 is 1.70 bits per heavy atom. The van der Waals surface area contributed by atoms with Crippen LogP contribution in [-0.2, 0) is 0 Å². The molecule has 0 amide bonds. The average Bonchev–Trinajstić information content (AvgIpc) is 2.41. The molecule has 0 aliphatic rings. The van der Waals surface area contributed by atoms with Gasteiger partial charge in [0, 0.05) is 12.1 Å². The molecule has 0 aromatic carbocycles. The summed E-state index contributed by atoms with van der Waals surface area (Å²) in [5.41, 5.74) is 1.11. The minimum Gasteiger partial charge on any atom is -0.472 e. The van der Waals surface area contributed by atoms with Gasteiger partial charge in [0.2, 0.25) is 0 Å². The van der Waals surface area contributed by atoms with Crippen molar-refractivity contribution in [3.05, 3.63) is 30.2 Å². The van der Waals surface area contributed by atoms with Crippen molar-refractivity contribution in [2.75, 3.05) is 13.6 Å². The van der Waals surface area contributed by atoms with Crippen molar-refractivity contribution in [2.24, 2.45) is 0 Å². The van der Waals surface area contributed by atoms with Crippen LogP contribution in [0.15, 0.2) is 29.1 Å². The zero-order valence-corrected chi connectivity index (χ0v) is 6.00. The van der Waals surface area contributed by atoms with E-state index in [-0.39, 0.29) is 0 Å². The van der Waals surface area contributed by atoms with Crippen molar-refractivity contribution in [1.29, 1.82) is 0 Å². The van der Waals surface area contributed by atoms with Crippen molar-refractivity contribution in [1.82, 2.24) is 5.32 Å². The summed E-state index contributed by atoms with van der Waals surface area (Å²) in [6.45, 7) is 0.894. The molecular weight excluding hydrogens is 126 g/mol. The van der Waals surface area contributed by atoms with Gasteiger partial charge in [0.05, 0.1) is 12.5 Å². The molecule has 0 spiro atoms. The van der Waals surface area contributed by atoms with Crippen molar-refractivity contribution in [2.45, 2.75) is 0 Å². The quantitative estimate of drug-likeness (QED) is 0.683. The summed E-state index contributed by atoms with van der Waals surface area (Å²) in [7, 11) is 1.92. The Hall–Kier alpha value is -1.02. The number of hydrogen-bond donors (Lipinski definition) is 1. The first kappa shape index (κ1) is 7.09. The van der Waals surface area contributed by atoms with E-state index < -0.39 is 0 Å². The van der Waals surface area contributed by atoms with Crippen LogP contribution in [-0.4, -0.2) is 13.6 Å². The highest BCUT2D eigenvalue weighted by atomic mass is 16.3. The number of nitrogens with one attached hydrogen (secondary N) is 1. The summed E-state index contributed by atoms with van der Waals surface area (Å²) >= 11 is 0. The first-order valence-corrected chi connectivity index (χ1v) is 3.27. The van der Waals surface area contributed by atoms with E-state index in [2.05, 4.69) is 5.32 Å². The SMILES string of the molecule is CNC/C=C/c1ccoc1. The van der Waals surface area contributed by atoms with Crippen LogP contribution in [0.5, 0.6) is 0 Å². The van der Waals surface area contributed by atoms with Crippen LogP contribution in [0.4, 0.5) is 0 Å². The predicted molar refractivity (Wildman–Crippen MR) is 41.7 cm³/mol. The largest absolute Gasteiger partial charge is 0.472 e. The second kappa shape index (κ2) is 3.90. The lowest BCUT2D eigenvalue weighted by molar-refractivity contribution is 0.567. The van der Waals surface area contributed by atoms with Gasteiger partial charge < -0.3 is 9.73 Å². The van der Waals surface area contributed by atoms with Gasteiger partial charge >= 0.3 is 0 Å². The maximum Gasteiger partial charge on any atom is 0.0974 e. The van der Waals surface area contributed by atoms with Gasteiger partial charge in [-0.3, -0.25) is 0 Å². The second-order valence-corrected chi connectivity index (χ2v) is 2.02. The Labute approximate surface area is 60.5 Å². The Balaban J connectivity index is 2.40. The highest BCUT2D eigenvalue weighted by Crippen LogP contribution is 2.00. The van der Waals surface area contributed by atoms with Crippen LogP contribution in [0.1, 0.15) is 5.56 Å². The molecule has 0 radical (unpaired) electrons. The van der Waals surface area contributed by atoms with E-state index >= 15 is 0 Å². The molecular formula is C8H11NO. The van der Waals surface area contributed by atoms with E-state index in [1.54, 1.807) is 12.5 Å². The maximum absolute atomic E-state index is 4.87. The van der Waals surface area contributed by atoms with E-state index in [9.17, 15) is 0 Å². The fourth-order valence-corrected chi connectivity index (χ4v) is 0.683. The molecule has 0 saturated heterocycles. The van der Waals surface area contributed by atoms with Crippen molar-refractivity contribution < 1.29 is 4.42 Å². The van der Waals surface area contributed by atoms with Crippen molar-refractivity contribution in [3.63, 3.8) is 0 Å². The summed E-state index contributed by atoms with van der Waals surface area (Å²) in [5.74, 6) is 0. The molecule has 0 aliphatic heterocycles.